The van der Waals surface area contributed by atoms with Gasteiger partial charge in [0.1, 0.15) is 5.82 Å². The van der Waals surface area contributed by atoms with Crippen molar-refractivity contribution in [2.45, 2.75) is 4.90 Å². The van der Waals surface area contributed by atoms with E-state index in [4.69, 9.17) is 0 Å². The number of anilines is 1. The smallest absolute Gasteiger partial charge is 0.271 e. The van der Waals surface area contributed by atoms with Crippen molar-refractivity contribution < 1.29 is 17.7 Å². The highest BCUT2D eigenvalue weighted by Crippen LogP contribution is 2.29. The summed E-state index contributed by atoms with van der Waals surface area (Å²) in [5.41, 5.74) is -0.233. The number of nitrogens with one attached hydrogen (secondary N) is 1. The van der Waals surface area contributed by atoms with Crippen LogP contribution in [-0.4, -0.2) is 13.3 Å². The summed E-state index contributed by atoms with van der Waals surface area (Å²) in [6.45, 7) is 0. The Balaban J connectivity index is 2.38. The van der Waals surface area contributed by atoms with Crippen molar-refractivity contribution in [3.63, 3.8) is 0 Å². The summed E-state index contributed by atoms with van der Waals surface area (Å²) >= 11 is 3.11. The van der Waals surface area contributed by atoms with E-state index in [-0.39, 0.29) is 16.3 Å². The Morgan fingerprint density at radius 1 is 1.14 bits per heavy atom. The summed E-state index contributed by atoms with van der Waals surface area (Å²) in [7, 11) is -3.96. The molecule has 0 aliphatic carbocycles. The van der Waals surface area contributed by atoms with Crippen molar-refractivity contribution in [2.24, 2.45) is 0 Å². The van der Waals surface area contributed by atoms with E-state index in [1.54, 1.807) is 0 Å². The molecule has 0 unspecified atom stereocenters. The number of nitro benzene ring substituents is 1. The van der Waals surface area contributed by atoms with Crippen LogP contribution in [0.15, 0.2) is 51.8 Å². The number of non-ortho nitro benzene ring substituents is 1. The van der Waals surface area contributed by atoms with Crippen LogP contribution in [0.5, 0.6) is 0 Å². The molecule has 110 valence electrons. The lowest BCUT2D eigenvalue weighted by Gasteiger charge is -2.09. The lowest BCUT2D eigenvalue weighted by molar-refractivity contribution is -0.384. The van der Waals surface area contributed by atoms with Crippen molar-refractivity contribution in [1.29, 1.82) is 0 Å². The van der Waals surface area contributed by atoms with E-state index in [2.05, 4.69) is 20.7 Å². The molecule has 6 nitrogen and oxygen atoms in total. The fourth-order valence-corrected chi connectivity index (χ4v) is 3.07. The first-order chi connectivity index (χ1) is 9.79. The Morgan fingerprint density at radius 2 is 1.76 bits per heavy atom. The summed E-state index contributed by atoms with van der Waals surface area (Å²) < 4.78 is 39.6. The third-order valence-electron chi connectivity index (χ3n) is 2.53. The van der Waals surface area contributed by atoms with Gasteiger partial charge in [-0.1, -0.05) is 0 Å². The second kappa shape index (κ2) is 5.78. The van der Waals surface area contributed by atoms with Crippen molar-refractivity contribution in [3.05, 3.63) is 62.9 Å². The van der Waals surface area contributed by atoms with Crippen LogP contribution in [-0.2, 0) is 10.0 Å². The molecule has 0 bridgehead atoms. The number of sulfonamides is 1. The lowest BCUT2D eigenvalue weighted by atomic mass is 10.3. The van der Waals surface area contributed by atoms with Gasteiger partial charge in [0, 0.05) is 16.6 Å². The first-order valence-corrected chi connectivity index (χ1v) is 7.79. The first kappa shape index (κ1) is 15.4. The van der Waals surface area contributed by atoms with Gasteiger partial charge in [-0.25, -0.2) is 12.8 Å². The molecule has 0 aliphatic heterocycles. The number of nitrogens with zero attached hydrogens (tertiary/aromatic N) is 1. The van der Waals surface area contributed by atoms with E-state index >= 15 is 0 Å². The summed E-state index contributed by atoms with van der Waals surface area (Å²) in [5.74, 6) is -0.564. The van der Waals surface area contributed by atoms with Crippen LogP contribution in [0.25, 0.3) is 0 Å². The largest absolute Gasteiger partial charge is 0.278 e. The fourth-order valence-electron chi connectivity index (χ4n) is 1.52. The molecule has 2 aromatic carbocycles. The number of halogens is 2. The number of nitro groups is 1. The van der Waals surface area contributed by atoms with Crippen molar-refractivity contribution >= 4 is 37.3 Å². The van der Waals surface area contributed by atoms with Gasteiger partial charge < -0.3 is 0 Å². The third kappa shape index (κ3) is 3.56. The number of hydrogen-bond donors (Lipinski definition) is 1. The predicted octanol–water partition coefficient (Wildman–Crippen LogP) is 3.30. The molecule has 0 fully saturated rings. The van der Waals surface area contributed by atoms with E-state index < -0.39 is 20.8 Å². The molecule has 21 heavy (non-hydrogen) atoms. The number of hydrogen-bond acceptors (Lipinski definition) is 4. The molecule has 0 atom stereocenters. The predicted molar refractivity (Wildman–Crippen MR) is 78.0 cm³/mol. The van der Waals surface area contributed by atoms with E-state index in [0.29, 0.717) is 4.47 Å². The van der Waals surface area contributed by atoms with Crippen LogP contribution in [0.4, 0.5) is 15.8 Å². The molecule has 0 aromatic heterocycles. The van der Waals surface area contributed by atoms with Crippen LogP contribution >= 0.6 is 15.9 Å². The maximum absolute atomic E-state index is 12.8. The van der Waals surface area contributed by atoms with E-state index in [9.17, 15) is 22.9 Å². The monoisotopic (exact) mass is 374 g/mol. The Labute approximate surface area is 127 Å². The van der Waals surface area contributed by atoms with Gasteiger partial charge in [0.15, 0.2) is 0 Å². The van der Waals surface area contributed by atoms with Gasteiger partial charge in [0.05, 0.1) is 15.5 Å². The average molecular weight is 375 g/mol. The van der Waals surface area contributed by atoms with Crippen molar-refractivity contribution in [2.75, 3.05) is 4.72 Å². The molecular weight excluding hydrogens is 367 g/mol. The molecule has 0 aliphatic rings. The van der Waals surface area contributed by atoms with E-state index in [1.807, 2.05) is 0 Å². The van der Waals surface area contributed by atoms with Crippen molar-refractivity contribution in [3.8, 4) is 0 Å². The van der Waals surface area contributed by atoms with E-state index in [1.165, 1.54) is 12.1 Å². The minimum Gasteiger partial charge on any atom is -0.278 e. The lowest BCUT2D eigenvalue weighted by Crippen LogP contribution is -2.13. The van der Waals surface area contributed by atoms with Crippen LogP contribution in [0, 0.1) is 15.9 Å². The molecule has 0 heterocycles. The third-order valence-corrected chi connectivity index (χ3v) is 4.60. The second-order valence-electron chi connectivity index (χ2n) is 3.98. The fraction of sp³-hybridized carbons (Fsp3) is 0. The number of benzene rings is 2. The zero-order valence-corrected chi connectivity index (χ0v) is 12.7. The van der Waals surface area contributed by atoms with Gasteiger partial charge in [-0.05, 0) is 46.3 Å². The van der Waals surface area contributed by atoms with Gasteiger partial charge in [-0.3, -0.25) is 14.8 Å². The van der Waals surface area contributed by atoms with E-state index in [0.717, 1.165) is 30.3 Å². The number of rotatable bonds is 4. The summed E-state index contributed by atoms with van der Waals surface area (Å²) in [4.78, 5) is 9.92. The minimum atomic E-state index is -3.96. The van der Waals surface area contributed by atoms with Gasteiger partial charge in [-0.15, -0.1) is 0 Å². The average Bonchev–Trinajstić information content (AvgIpc) is 2.41. The van der Waals surface area contributed by atoms with Crippen LogP contribution in [0.1, 0.15) is 0 Å². The summed E-state index contributed by atoms with van der Waals surface area (Å²) in [5, 5.41) is 10.7. The quantitative estimate of drug-likeness (QED) is 0.656. The molecule has 2 aromatic rings. The zero-order valence-electron chi connectivity index (χ0n) is 10.3. The highest BCUT2D eigenvalue weighted by molar-refractivity contribution is 9.10. The first-order valence-electron chi connectivity index (χ1n) is 5.52. The molecular formula is C12H8BrFN2O4S. The molecule has 0 amide bonds. The summed E-state index contributed by atoms with van der Waals surface area (Å²) in [6, 6.07) is 7.91. The standard InChI is InChI=1S/C12H8BrFN2O4S/c13-11-6-3-9(16(17)18)7-12(11)15-21(19,20)10-4-1-8(14)2-5-10/h1-7,15H. The maximum Gasteiger partial charge on any atom is 0.271 e. The molecule has 0 spiro atoms. The Bertz CT molecular complexity index is 793. The molecule has 0 saturated carbocycles. The van der Waals surface area contributed by atoms with Gasteiger partial charge in [0.25, 0.3) is 15.7 Å². The zero-order chi connectivity index (χ0) is 15.6. The van der Waals surface area contributed by atoms with Gasteiger partial charge in [0.2, 0.25) is 0 Å². The van der Waals surface area contributed by atoms with Crippen molar-refractivity contribution in [1.82, 2.24) is 0 Å². The highest BCUT2D eigenvalue weighted by Gasteiger charge is 2.18. The summed E-state index contributed by atoms with van der Waals surface area (Å²) in [6.07, 6.45) is 0. The molecule has 0 saturated heterocycles. The molecule has 2 rings (SSSR count). The van der Waals surface area contributed by atoms with Gasteiger partial charge in [-0.2, -0.15) is 0 Å². The SMILES string of the molecule is O=[N+]([O-])c1ccc(Br)c(NS(=O)(=O)c2ccc(F)cc2)c1. The van der Waals surface area contributed by atoms with Crippen LogP contribution in [0.3, 0.4) is 0 Å². The Kier molecular flexibility index (Phi) is 4.24. The highest BCUT2D eigenvalue weighted by atomic mass is 79.9. The Hall–Kier alpha value is -2.00. The van der Waals surface area contributed by atoms with Crippen LogP contribution in [0.2, 0.25) is 0 Å². The second-order valence-corrected chi connectivity index (χ2v) is 6.52. The minimum absolute atomic E-state index is 0.0218. The molecule has 9 heteroatoms. The Morgan fingerprint density at radius 3 is 2.33 bits per heavy atom. The molecule has 1 N–H and O–H groups in total. The maximum atomic E-state index is 12.8. The van der Waals surface area contributed by atoms with Gasteiger partial charge >= 0.3 is 0 Å². The topological polar surface area (TPSA) is 89.3 Å². The van der Waals surface area contributed by atoms with Crippen LogP contribution < -0.4 is 4.72 Å². The normalized spacial score (nSPS) is 11.1. The molecule has 0 radical (unpaired) electrons.